The third-order valence-electron chi connectivity index (χ3n) is 9.37. The van der Waals surface area contributed by atoms with Gasteiger partial charge >= 0.3 is 6.03 Å². The number of ketones is 1. The molecule has 1 saturated carbocycles. The Hall–Kier alpha value is -3.44. The lowest BCUT2D eigenvalue weighted by Crippen LogP contribution is -2.60. The summed E-state index contributed by atoms with van der Waals surface area (Å²) >= 11 is 0. The average Bonchev–Trinajstić information content (AvgIpc) is 3.52. The molecule has 1 aliphatic carbocycles. The number of rotatable bonds is 13. The number of hydrogen-bond acceptors (Lipinski definition) is 6. The lowest BCUT2D eigenvalue weighted by atomic mass is 9.83. The van der Waals surface area contributed by atoms with Gasteiger partial charge in [-0.3, -0.25) is 24.0 Å². The summed E-state index contributed by atoms with van der Waals surface area (Å²) in [4.78, 5) is 82.3. The number of carbonyl (C=O) groups is 6. The molecule has 0 aromatic carbocycles. The number of hydrogen-bond donors (Lipinski definition) is 4. The lowest BCUT2D eigenvalue weighted by Gasteiger charge is -2.38. The Labute approximate surface area is 274 Å². The van der Waals surface area contributed by atoms with Crippen molar-refractivity contribution in [2.24, 2.45) is 11.3 Å². The number of nitrogens with zero attached hydrogens (tertiary/aromatic N) is 2. The van der Waals surface area contributed by atoms with Gasteiger partial charge < -0.3 is 31.1 Å². The van der Waals surface area contributed by atoms with Crippen LogP contribution in [0.4, 0.5) is 4.79 Å². The summed E-state index contributed by atoms with van der Waals surface area (Å²) < 4.78 is 0. The largest absolute Gasteiger partial charge is 0.349 e. The van der Waals surface area contributed by atoms with Gasteiger partial charge in [0.1, 0.15) is 12.1 Å². The van der Waals surface area contributed by atoms with Gasteiger partial charge in [0.25, 0.3) is 11.7 Å². The predicted octanol–water partition coefficient (Wildman–Crippen LogP) is 3.16. The number of amides is 6. The van der Waals surface area contributed by atoms with Crippen molar-refractivity contribution in [2.45, 2.75) is 130 Å². The number of urea groups is 1. The zero-order valence-corrected chi connectivity index (χ0v) is 28.5. The van der Waals surface area contributed by atoms with Gasteiger partial charge in [-0.05, 0) is 63.2 Å². The summed E-state index contributed by atoms with van der Waals surface area (Å²) in [5, 5.41) is 11.2. The highest BCUT2D eigenvalue weighted by Crippen LogP contribution is 2.30. The molecule has 2 heterocycles. The molecular formula is C34H56N6O6. The number of piperidine rings is 1. The molecule has 3 aliphatic rings. The maximum absolute atomic E-state index is 14.2. The molecule has 0 aromatic heterocycles. The summed E-state index contributed by atoms with van der Waals surface area (Å²) in [7, 11) is 0. The first kappa shape index (κ1) is 37.0. The summed E-state index contributed by atoms with van der Waals surface area (Å²) in [5.41, 5.74) is -0.426. The molecule has 3 rings (SSSR count). The summed E-state index contributed by atoms with van der Waals surface area (Å²) in [6, 6.07) is -2.45. The van der Waals surface area contributed by atoms with Gasteiger partial charge in [-0.25, -0.2) is 4.79 Å². The van der Waals surface area contributed by atoms with E-state index in [4.69, 9.17) is 0 Å². The predicted molar refractivity (Wildman–Crippen MR) is 175 cm³/mol. The summed E-state index contributed by atoms with van der Waals surface area (Å²) in [6.45, 7) is 11.4. The van der Waals surface area contributed by atoms with Crippen molar-refractivity contribution in [2.75, 3.05) is 26.2 Å². The monoisotopic (exact) mass is 644 g/mol. The first-order chi connectivity index (χ1) is 21.9. The third kappa shape index (κ3) is 10.3. The Bertz CT molecular complexity index is 1140. The van der Waals surface area contributed by atoms with E-state index in [2.05, 4.69) is 21.3 Å². The fourth-order valence-corrected chi connectivity index (χ4v) is 6.55. The molecule has 12 nitrogen and oxygen atoms in total. The van der Waals surface area contributed by atoms with Gasteiger partial charge in [0.2, 0.25) is 17.7 Å². The molecule has 0 aromatic rings. The molecule has 0 spiro atoms. The Balaban J connectivity index is 1.77. The number of Topliss-reactive ketones (excluding diaryl/α,β-unsaturated/α-hetero) is 1. The van der Waals surface area contributed by atoms with E-state index in [9.17, 15) is 28.8 Å². The second kappa shape index (κ2) is 17.5. The van der Waals surface area contributed by atoms with Crippen LogP contribution >= 0.6 is 0 Å². The number of likely N-dealkylation sites (N-methyl/N-ethyl adjacent to an activating group) is 1. The molecular weight excluding hydrogens is 588 g/mol. The van der Waals surface area contributed by atoms with E-state index in [1.54, 1.807) is 13.0 Å². The van der Waals surface area contributed by atoms with Crippen LogP contribution in [0.1, 0.15) is 112 Å². The topological polar surface area (TPSA) is 157 Å². The van der Waals surface area contributed by atoms with E-state index in [-0.39, 0.29) is 41.4 Å². The molecule has 46 heavy (non-hydrogen) atoms. The quantitative estimate of drug-likeness (QED) is 0.178. The third-order valence-corrected chi connectivity index (χ3v) is 9.37. The van der Waals surface area contributed by atoms with Crippen molar-refractivity contribution in [3.8, 4) is 0 Å². The second-order valence-electron chi connectivity index (χ2n) is 14.0. The zero-order chi connectivity index (χ0) is 33.9. The van der Waals surface area contributed by atoms with Crippen LogP contribution in [-0.4, -0.2) is 89.5 Å². The zero-order valence-electron chi connectivity index (χ0n) is 28.5. The Morgan fingerprint density at radius 3 is 2.26 bits per heavy atom. The number of allylic oxidation sites excluding steroid dienone is 1. The maximum atomic E-state index is 14.2. The molecule has 0 radical (unpaired) electrons. The Morgan fingerprint density at radius 2 is 1.63 bits per heavy atom. The van der Waals surface area contributed by atoms with E-state index >= 15 is 0 Å². The number of unbranched alkanes of at least 4 members (excludes halogenated alkanes) is 1. The summed E-state index contributed by atoms with van der Waals surface area (Å²) in [5.74, 6) is -2.43. The van der Waals surface area contributed by atoms with E-state index < -0.39 is 35.7 Å². The standard InChI is InChI=1S/C34H56N6O6/c1-6-8-17-24(29(42)31(44)35-7-2)36-30(43)25-18-14-21-40(25)32(45)28(23-15-10-9-11-16-23)38-33(46)37-26(34(3,4)5)22-39-20-13-12-19-27(39)41/h17,23,25-26,28H,6-16,18-22H2,1-5H3,(H,35,44)(H,36,43)(H2,37,38,46)/b24-17+/t25-,26+,28-/m0/s1. The maximum Gasteiger partial charge on any atom is 0.315 e. The minimum Gasteiger partial charge on any atom is -0.349 e. The lowest BCUT2D eigenvalue weighted by molar-refractivity contribution is -0.141. The molecule has 2 saturated heterocycles. The normalized spacial score (nSPS) is 20.9. The van der Waals surface area contributed by atoms with Gasteiger partial charge in [-0.15, -0.1) is 0 Å². The van der Waals surface area contributed by atoms with Crippen molar-refractivity contribution in [1.29, 1.82) is 0 Å². The smallest absolute Gasteiger partial charge is 0.315 e. The van der Waals surface area contributed by atoms with Gasteiger partial charge in [0, 0.05) is 32.6 Å². The molecule has 0 bridgehead atoms. The molecule has 3 atom stereocenters. The number of carbonyl (C=O) groups excluding carboxylic acids is 6. The highest BCUT2D eigenvalue weighted by atomic mass is 16.2. The molecule has 2 aliphatic heterocycles. The van der Waals surface area contributed by atoms with Gasteiger partial charge in [-0.2, -0.15) is 0 Å². The van der Waals surface area contributed by atoms with E-state index in [1.807, 2.05) is 32.6 Å². The van der Waals surface area contributed by atoms with Crippen molar-refractivity contribution in [1.82, 2.24) is 31.1 Å². The molecule has 0 unspecified atom stereocenters. The SMILES string of the molecule is CCC/C=C(/NC(=O)[C@@H]1CCCN1C(=O)[C@@H](NC(=O)N[C@H](CN1CCCCC1=O)C(C)(C)C)C1CCCCC1)C(=O)C(=O)NCC. The molecule has 258 valence electrons. The molecule has 12 heteroatoms. The van der Waals surface area contributed by atoms with Crippen molar-refractivity contribution in [3.05, 3.63) is 11.8 Å². The molecule has 3 fully saturated rings. The van der Waals surface area contributed by atoms with Crippen LogP contribution in [0.25, 0.3) is 0 Å². The second-order valence-corrected chi connectivity index (χ2v) is 14.0. The Kier molecular flexibility index (Phi) is 14.1. The van der Waals surface area contributed by atoms with Crippen LogP contribution in [0.5, 0.6) is 0 Å². The van der Waals surface area contributed by atoms with Crippen LogP contribution in [0.2, 0.25) is 0 Å². The van der Waals surface area contributed by atoms with Crippen LogP contribution in [0.15, 0.2) is 11.8 Å². The highest BCUT2D eigenvalue weighted by molar-refractivity contribution is 6.42. The van der Waals surface area contributed by atoms with Gasteiger partial charge in [0.05, 0.1) is 11.7 Å². The van der Waals surface area contributed by atoms with Crippen LogP contribution in [-0.2, 0) is 24.0 Å². The van der Waals surface area contributed by atoms with Crippen molar-refractivity contribution >= 4 is 35.4 Å². The first-order valence-electron chi connectivity index (χ1n) is 17.4. The number of nitrogens with one attached hydrogen (secondary N) is 4. The van der Waals surface area contributed by atoms with Crippen LogP contribution < -0.4 is 21.3 Å². The minimum absolute atomic E-state index is 0.0765. The van der Waals surface area contributed by atoms with Gasteiger partial charge in [0.15, 0.2) is 0 Å². The summed E-state index contributed by atoms with van der Waals surface area (Å²) in [6.07, 6.45) is 10.7. The molecule has 4 N–H and O–H groups in total. The van der Waals surface area contributed by atoms with Gasteiger partial charge in [-0.1, -0.05) is 59.5 Å². The fourth-order valence-electron chi connectivity index (χ4n) is 6.55. The average molecular weight is 645 g/mol. The fraction of sp³-hybridized carbons (Fsp3) is 0.765. The first-order valence-corrected chi connectivity index (χ1v) is 17.4. The van der Waals surface area contributed by atoms with Crippen LogP contribution in [0, 0.1) is 11.3 Å². The van der Waals surface area contributed by atoms with Crippen molar-refractivity contribution < 1.29 is 28.8 Å². The van der Waals surface area contributed by atoms with Crippen molar-refractivity contribution in [3.63, 3.8) is 0 Å². The van der Waals surface area contributed by atoms with E-state index in [0.29, 0.717) is 45.3 Å². The van der Waals surface area contributed by atoms with E-state index in [1.165, 1.54) is 4.90 Å². The number of likely N-dealkylation sites (tertiary alicyclic amines) is 2. The minimum atomic E-state index is -0.831. The van der Waals surface area contributed by atoms with Crippen LogP contribution in [0.3, 0.4) is 0 Å². The van der Waals surface area contributed by atoms with E-state index in [0.717, 1.165) is 51.4 Å². The molecule has 6 amide bonds. The Morgan fingerprint density at radius 1 is 0.913 bits per heavy atom. The highest BCUT2D eigenvalue weighted by Gasteiger charge is 2.42.